The SMILES string of the molecule is OCc1coc(Oc2ccc(F)cc2F)n1. The van der Waals surface area contributed by atoms with Gasteiger partial charge in [0.1, 0.15) is 17.8 Å². The minimum atomic E-state index is -0.858. The lowest BCUT2D eigenvalue weighted by atomic mass is 10.3. The number of aromatic nitrogens is 1. The summed E-state index contributed by atoms with van der Waals surface area (Å²) >= 11 is 0. The average Bonchev–Trinajstić information content (AvgIpc) is 2.70. The number of hydrogen-bond acceptors (Lipinski definition) is 4. The second-order valence-electron chi connectivity index (χ2n) is 2.94. The number of oxazole rings is 1. The maximum absolute atomic E-state index is 13.1. The molecule has 1 aromatic heterocycles. The Labute approximate surface area is 89.1 Å². The van der Waals surface area contributed by atoms with Gasteiger partial charge in [0.2, 0.25) is 0 Å². The van der Waals surface area contributed by atoms with Crippen LogP contribution in [0.2, 0.25) is 0 Å². The molecular formula is C10H7F2NO3. The van der Waals surface area contributed by atoms with E-state index >= 15 is 0 Å². The van der Waals surface area contributed by atoms with Gasteiger partial charge < -0.3 is 14.3 Å². The van der Waals surface area contributed by atoms with Crippen molar-refractivity contribution < 1.29 is 23.0 Å². The lowest BCUT2D eigenvalue weighted by Gasteiger charge is -2.01. The second-order valence-corrected chi connectivity index (χ2v) is 2.94. The predicted molar refractivity (Wildman–Crippen MR) is 48.9 cm³/mol. The van der Waals surface area contributed by atoms with Gasteiger partial charge in [0.25, 0.3) is 0 Å². The van der Waals surface area contributed by atoms with Gasteiger partial charge in [0.05, 0.1) is 6.61 Å². The predicted octanol–water partition coefficient (Wildman–Crippen LogP) is 2.24. The Morgan fingerprint density at radius 2 is 2.19 bits per heavy atom. The molecule has 0 saturated heterocycles. The van der Waals surface area contributed by atoms with Gasteiger partial charge in [0.15, 0.2) is 11.6 Å². The van der Waals surface area contributed by atoms with E-state index < -0.39 is 11.6 Å². The maximum Gasteiger partial charge on any atom is 0.399 e. The van der Waals surface area contributed by atoms with Crippen LogP contribution in [-0.2, 0) is 6.61 Å². The molecule has 0 unspecified atom stereocenters. The van der Waals surface area contributed by atoms with Crippen molar-refractivity contribution in [2.75, 3.05) is 0 Å². The van der Waals surface area contributed by atoms with E-state index in [9.17, 15) is 8.78 Å². The van der Waals surface area contributed by atoms with Crippen LogP contribution in [0, 0.1) is 11.6 Å². The summed E-state index contributed by atoms with van der Waals surface area (Å²) < 4.78 is 35.4. The second kappa shape index (κ2) is 4.28. The van der Waals surface area contributed by atoms with Gasteiger partial charge in [-0.1, -0.05) is 0 Å². The largest absolute Gasteiger partial charge is 0.417 e. The third-order valence-corrected chi connectivity index (χ3v) is 1.78. The van der Waals surface area contributed by atoms with Crippen molar-refractivity contribution in [1.29, 1.82) is 0 Å². The van der Waals surface area contributed by atoms with Crippen molar-refractivity contribution in [3.05, 3.63) is 41.8 Å². The van der Waals surface area contributed by atoms with Crippen LogP contribution in [0.1, 0.15) is 5.69 Å². The average molecular weight is 227 g/mol. The first-order valence-corrected chi connectivity index (χ1v) is 4.37. The molecule has 16 heavy (non-hydrogen) atoms. The molecule has 1 heterocycles. The van der Waals surface area contributed by atoms with Crippen LogP contribution in [-0.4, -0.2) is 10.1 Å². The first-order valence-electron chi connectivity index (χ1n) is 4.37. The van der Waals surface area contributed by atoms with Crippen LogP contribution in [0.3, 0.4) is 0 Å². The Morgan fingerprint density at radius 1 is 1.38 bits per heavy atom. The fourth-order valence-electron chi connectivity index (χ4n) is 1.06. The smallest absolute Gasteiger partial charge is 0.399 e. The molecular weight excluding hydrogens is 220 g/mol. The van der Waals surface area contributed by atoms with Crippen LogP contribution in [0.5, 0.6) is 11.8 Å². The van der Waals surface area contributed by atoms with Crippen LogP contribution < -0.4 is 4.74 Å². The first-order chi connectivity index (χ1) is 7.69. The molecule has 0 aliphatic heterocycles. The highest BCUT2D eigenvalue weighted by atomic mass is 19.1. The minimum Gasteiger partial charge on any atom is -0.417 e. The fraction of sp³-hybridized carbons (Fsp3) is 0.100. The molecule has 84 valence electrons. The minimum absolute atomic E-state index is 0.201. The molecule has 4 nitrogen and oxygen atoms in total. The van der Waals surface area contributed by atoms with E-state index in [0.717, 1.165) is 12.1 Å². The number of rotatable bonds is 3. The van der Waals surface area contributed by atoms with Crippen molar-refractivity contribution >= 4 is 0 Å². The highest BCUT2D eigenvalue weighted by molar-refractivity contribution is 5.26. The molecule has 0 aliphatic carbocycles. The van der Waals surface area contributed by atoms with Crippen molar-refractivity contribution in [1.82, 2.24) is 4.98 Å². The molecule has 0 saturated carbocycles. The van der Waals surface area contributed by atoms with E-state index in [2.05, 4.69) is 4.98 Å². The van der Waals surface area contributed by atoms with E-state index in [1.54, 1.807) is 0 Å². The Morgan fingerprint density at radius 3 is 2.81 bits per heavy atom. The van der Waals surface area contributed by atoms with Gasteiger partial charge in [-0.3, -0.25) is 0 Å². The molecule has 0 aliphatic rings. The van der Waals surface area contributed by atoms with Crippen molar-refractivity contribution in [3.8, 4) is 11.8 Å². The number of aliphatic hydroxyl groups is 1. The first kappa shape index (κ1) is 10.6. The number of nitrogens with zero attached hydrogens (tertiary/aromatic N) is 1. The number of hydrogen-bond donors (Lipinski definition) is 1. The molecule has 0 spiro atoms. The van der Waals surface area contributed by atoms with E-state index in [4.69, 9.17) is 14.3 Å². The molecule has 0 radical (unpaired) electrons. The summed E-state index contributed by atoms with van der Waals surface area (Å²) in [4.78, 5) is 3.69. The van der Waals surface area contributed by atoms with Gasteiger partial charge in [0, 0.05) is 6.07 Å². The molecule has 0 atom stereocenters. The number of halogens is 2. The summed E-state index contributed by atoms with van der Waals surface area (Å²) in [7, 11) is 0. The highest BCUT2D eigenvalue weighted by Crippen LogP contribution is 2.24. The van der Waals surface area contributed by atoms with Gasteiger partial charge >= 0.3 is 6.08 Å². The Bertz CT molecular complexity index is 499. The zero-order valence-electron chi connectivity index (χ0n) is 7.98. The lowest BCUT2D eigenvalue weighted by molar-refractivity contribution is 0.276. The Hall–Kier alpha value is -1.95. The fourth-order valence-corrected chi connectivity index (χ4v) is 1.06. The van der Waals surface area contributed by atoms with Crippen LogP contribution in [0.4, 0.5) is 8.78 Å². The van der Waals surface area contributed by atoms with Crippen LogP contribution >= 0.6 is 0 Å². The summed E-state index contributed by atoms with van der Waals surface area (Å²) in [5, 5.41) is 8.71. The normalized spacial score (nSPS) is 10.4. The Balaban J connectivity index is 2.20. The molecule has 2 rings (SSSR count). The summed E-state index contributed by atoms with van der Waals surface area (Å²) in [6.07, 6.45) is 0.964. The van der Waals surface area contributed by atoms with E-state index in [1.807, 2.05) is 0 Å². The standard InChI is InChI=1S/C10H7F2NO3/c11-6-1-2-9(8(12)3-6)16-10-13-7(4-14)5-15-10/h1-3,5,14H,4H2. The van der Waals surface area contributed by atoms with Crippen LogP contribution in [0.25, 0.3) is 0 Å². The molecule has 0 fully saturated rings. The lowest BCUT2D eigenvalue weighted by Crippen LogP contribution is -1.90. The van der Waals surface area contributed by atoms with Gasteiger partial charge in [-0.25, -0.2) is 8.78 Å². The molecule has 0 amide bonds. The number of benzene rings is 1. The molecule has 2 aromatic rings. The zero-order valence-corrected chi connectivity index (χ0v) is 7.98. The van der Waals surface area contributed by atoms with E-state index in [1.165, 1.54) is 6.26 Å². The highest BCUT2D eigenvalue weighted by Gasteiger charge is 2.10. The molecule has 0 bridgehead atoms. The summed E-state index contributed by atoms with van der Waals surface area (Å²) in [6.45, 7) is -0.307. The molecule has 6 heteroatoms. The zero-order chi connectivity index (χ0) is 11.5. The Kier molecular flexibility index (Phi) is 2.82. The van der Waals surface area contributed by atoms with Crippen molar-refractivity contribution in [2.45, 2.75) is 6.61 Å². The quantitative estimate of drug-likeness (QED) is 0.873. The third kappa shape index (κ3) is 2.17. The summed E-state index contributed by atoms with van der Waals surface area (Å²) in [5.41, 5.74) is 0.262. The van der Waals surface area contributed by atoms with Crippen molar-refractivity contribution in [3.63, 3.8) is 0 Å². The summed E-state index contributed by atoms with van der Waals surface area (Å²) in [5.74, 6) is -1.76. The topological polar surface area (TPSA) is 55.5 Å². The maximum atomic E-state index is 13.1. The van der Waals surface area contributed by atoms with Gasteiger partial charge in [-0.15, -0.1) is 0 Å². The van der Waals surface area contributed by atoms with Crippen molar-refractivity contribution in [2.24, 2.45) is 0 Å². The van der Waals surface area contributed by atoms with E-state index in [-0.39, 0.29) is 24.1 Å². The molecule has 1 aromatic carbocycles. The van der Waals surface area contributed by atoms with Crippen LogP contribution in [0.15, 0.2) is 28.9 Å². The van der Waals surface area contributed by atoms with E-state index in [0.29, 0.717) is 6.07 Å². The number of aliphatic hydroxyl groups excluding tert-OH is 1. The third-order valence-electron chi connectivity index (χ3n) is 1.78. The van der Waals surface area contributed by atoms with Gasteiger partial charge in [-0.05, 0) is 12.1 Å². The molecule has 1 N–H and O–H groups in total. The van der Waals surface area contributed by atoms with Gasteiger partial charge in [-0.2, -0.15) is 4.98 Å². The number of ether oxygens (including phenoxy) is 1. The summed E-state index contributed by atoms with van der Waals surface area (Å²) in [6, 6.07) is 2.85. The monoisotopic (exact) mass is 227 g/mol.